The Labute approximate surface area is 134 Å². The van der Waals surface area contributed by atoms with Crippen molar-refractivity contribution in [1.82, 2.24) is 4.98 Å². The van der Waals surface area contributed by atoms with Crippen LogP contribution in [0.5, 0.6) is 0 Å². The highest BCUT2D eigenvalue weighted by molar-refractivity contribution is 7.94. The summed E-state index contributed by atoms with van der Waals surface area (Å²) in [6.07, 6.45) is 2.24. The summed E-state index contributed by atoms with van der Waals surface area (Å²) in [5, 5.41) is 0.512. The van der Waals surface area contributed by atoms with E-state index < -0.39 is 31.2 Å². The van der Waals surface area contributed by atoms with Crippen LogP contribution in [-0.4, -0.2) is 39.6 Å². The molecule has 0 aliphatic carbocycles. The van der Waals surface area contributed by atoms with Crippen LogP contribution in [0.4, 0.5) is 0 Å². The molecule has 0 atom stereocenters. The Kier molecular flexibility index (Phi) is 4.93. The molecule has 0 saturated carbocycles. The van der Waals surface area contributed by atoms with E-state index in [-0.39, 0.29) is 17.3 Å². The summed E-state index contributed by atoms with van der Waals surface area (Å²) in [6, 6.07) is 6.81. The molecule has 0 fully saturated rings. The molecule has 0 aliphatic heterocycles. The van der Waals surface area contributed by atoms with Crippen molar-refractivity contribution in [3.05, 3.63) is 41.2 Å². The first-order valence-corrected chi connectivity index (χ1v) is 10.5. The largest absolute Gasteiger partial charge is 0.444 e. The number of rotatable bonds is 6. The zero-order chi connectivity index (χ0) is 16.4. The summed E-state index contributed by atoms with van der Waals surface area (Å²) >= 11 is 5.87. The minimum Gasteiger partial charge on any atom is -0.444 e. The van der Waals surface area contributed by atoms with E-state index in [1.165, 1.54) is 6.26 Å². The zero-order valence-corrected chi connectivity index (χ0v) is 14.1. The van der Waals surface area contributed by atoms with E-state index in [2.05, 4.69) is 4.98 Å². The Bertz CT molecular complexity index is 871. The fourth-order valence-corrected chi connectivity index (χ4v) is 4.85. The van der Waals surface area contributed by atoms with E-state index in [4.69, 9.17) is 16.0 Å². The second-order valence-electron chi connectivity index (χ2n) is 4.88. The molecular formula is C13H14ClNO5S2. The minimum absolute atomic E-state index is 0.225. The Hall–Kier alpha value is -1.38. The Morgan fingerprint density at radius 2 is 1.91 bits per heavy atom. The lowest BCUT2D eigenvalue weighted by Crippen LogP contribution is -2.17. The van der Waals surface area contributed by atoms with Crippen molar-refractivity contribution in [3.63, 3.8) is 0 Å². The second-order valence-corrected chi connectivity index (χ2v) is 9.76. The van der Waals surface area contributed by atoms with E-state index in [1.807, 2.05) is 0 Å². The first-order valence-electron chi connectivity index (χ1n) is 6.23. The molecule has 9 heteroatoms. The van der Waals surface area contributed by atoms with Gasteiger partial charge in [0.05, 0.1) is 23.0 Å². The number of aromatic nitrogens is 1. The van der Waals surface area contributed by atoms with E-state index in [0.717, 1.165) is 6.26 Å². The van der Waals surface area contributed by atoms with Gasteiger partial charge in [-0.3, -0.25) is 0 Å². The van der Waals surface area contributed by atoms with Crippen LogP contribution >= 0.6 is 11.6 Å². The van der Waals surface area contributed by atoms with Gasteiger partial charge in [-0.25, -0.2) is 21.8 Å². The van der Waals surface area contributed by atoms with Crippen LogP contribution < -0.4 is 0 Å². The van der Waals surface area contributed by atoms with Gasteiger partial charge in [-0.05, 0) is 18.2 Å². The predicted octanol–water partition coefficient (Wildman–Crippen LogP) is 1.95. The highest BCUT2D eigenvalue weighted by Crippen LogP contribution is 2.22. The molecule has 1 heterocycles. The number of sulfone groups is 2. The SMILES string of the molecule is CS(=O)(=O)CCS(=O)(=O)Cc1coc(-c2cccc(Cl)c2)n1. The van der Waals surface area contributed by atoms with Crippen LogP contribution in [-0.2, 0) is 25.4 Å². The molecule has 6 nitrogen and oxygen atoms in total. The molecule has 120 valence electrons. The first kappa shape index (κ1) is 17.0. The van der Waals surface area contributed by atoms with Crippen molar-refractivity contribution in [3.8, 4) is 11.5 Å². The lowest BCUT2D eigenvalue weighted by Gasteiger charge is -2.00. The van der Waals surface area contributed by atoms with E-state index >= 15 is 0 Å². The van der Waals surface area contributed by atoms with Gasteiger partial charge < -0.3 is 4.42 Å². The Morgan fingerprint density at radius 1 is 1.18 bits per heavy atom. The molecule has 0 radical (unpaired) electrons. The number of hydrogen-bond acceptors (Lipinski definition) is 6. The quantitative estimate of drug-likeness (QED) is 0.778. The smallest absolute Gasteiger partial charge is 0.226 e. The van der Waals surface area contributed by atoms with Crippen molar-refractivity contribution in [2.45, 2.75) is 5.75 Å². The van der Waals surface area contributed by atoms with Gasteiger partial charge in [0.1, 0.15) is 16.1 Å². The maximum absolute atomic E-state index is 11.9. The van der Waals surface area contributed by atoms with Gasteiger partial charge in [0.15, 0.2) is 9.84 Å². The summed E-state index contributed by atoms with van der Waals surface area (Å²) in [7, 11) is -6.90. The standard InChI is InChI=1S/C13H14ClNO5S2/c1-21(16,17)5-6-22(18,19)9-12-8-20-13(15-12)10-3-2-4-11(14)7-10/h2-4,7-8H,5-6,9H2,1H3. The predicted molar refractivity (Wildman–Crippen MR) is 84.2 cm³/mol. The molecule has 0 bridgehead atoms. The summed E-state index contributed by atoms with van der Waals surface area (Å²) in [4.78, 5) is 4.10. The molecule has 0 unspecified atom stereocenters. The molecule has 0 saturated heterocycles. The van der Waals surface area contributed by atoms with Crippen LogP contribution in [0.15, 0.2) is 34.9 Å². The van der Waals surface area contributed by atoms with Crippen molar-refractivity contribution < 1.29 is 21.3 Å². The first-order chi connectivity index (χ1) is 10.1. The fourth-order valence-electron chi connectivity index (χ4n) is 1.70. The normalized spacial score (nSPS) is 12.5. The summed E-state index contributed by atoms with van der Waals surface area (Å²) in [5.41, 5.74) is 0.857. The second kappa shape index (κ2) is 6.39. The van der Waals surface area contributed by atoms with E-state index in [0.29, 0.717) is 10.6 Å². The molecular weight excluding hydrogens is 350 g/mol. The number of benzene rings is 1. The van der Waals surface area contributed by atoms with E-state index in [9.17, 15) is 16.8 Å². The summed E-state index contributed by atoms with van der Waals surface area (Å²) in [5.74, 6) is -0.956. The van der Waals surface area contributed by atoms with E-state index in [1.54, 1.807) is 24.3 Å². The summed E-state index contributed by atoms with van der Waals surface area (Å²) in [6.45, 7) is 0. The molecule has 22 heavy (non-hydrogen) atoms. The van der Waals surface area contributed by atoms with Crippen molar-refractivity contribution in [2.24, 2.45) is 0 Å². The lowest BCUT2D eigenvalue weighted by molar-refractivity contribution is 0.572. The average Bonchev–Trinajstić information content (AvgIpc) is 2.84. The van der Waals surface area contributed by atoms with Gasteiger partial charge in [0, 0.05) is 16.8 Å². The van der Waals surface area contributed by atoms with Crippen LogP contribution in [0, 0.1) is 0 Å². The molecule has 0 amide bonds. The van der Waals surface area contributed by atoms with Gasteiger partial charge in [0.25, 0.3) is 0 Å². The number of nitrogens with zero attached hydrogens (tertiary/aromatic N) is 1. The van der Waals surface area contributed by atoms with Gasteiger partial charge in [-0.1, -0.05) is 17.7 Å². The van der Waals surface area contributed by atoms with Crippen LogP contribution in [0.2, 0.25) is 5.02 Å². The molecule has 0 N–H and O–H groups in total. The molecule has 1 aromatic heterocycles. The monoisotopic (exact) mass is 363 g/mol. The molecule has 2 rings (SSSR count). The highest BCUT2D eigenvalue weighted by Gasteiger charge is 2.18. The third kappa shape index (κ3) is 5.11. The lowest BCUT2D eigenvalue weighted by atomic mass is 10.2. The van der Waals surface area contributed by atoms with Gasteiger partial charge in [0.2, 0.25) is 5.89 Å². The number of oxazole rings is 1. The van der Waals surface area contributed by atoms with Crippen LogP contribution in [0.25, 0.3) is 11.5 Å². The highest BCUT2D eigenvalue weighted by atomic mass is 35.5. The zero-order valence-electron chi connectivity index (χ0n) is 11.7. The third-order valence-corrected chi connectivity index (χ3v) is 5.76. The average molecular weight is 364 g/mol. The Balaban J connectivity index is 2.12. The molecule has 0 aliphatic rings. The Morgan fingerprint density at radius 3 is 2.55 bits per heavy atom. The van der Waals surface area contributed by atoms with Crippen molar-refractivity contribution in [1.29, 1.82) is 0 Å². The number of hydrogen-bond donors (Lipinski definition) is 0. The van der Waals surface area contributed by atoms with Gasteiger partial charge in [-0.2, -0.15) is 0 Å². The van der Waals surface area contributed by atoms with Gasteiger partial charge in [-0.15, -0.1) is 0 Å². The van der Waals surface area contributed by atoms with Crippen molar-refractivity contribution >= 4 is 31.3 Å². The minimum atomic E-state index is -3.57. The molecule has 1 aromatic carbocycles. The number of halogens is 1. The molecule has 2 aromatic rings. The topological polar surface area (TPSA) is 94.3 Å². The summed E-state index contributed by atoms with van der Waals surface area (Å²) < 4.78 is 51.1. The van der Waals surface area contributed by atoms with Crippen LogP contribution in [0.3, 0.4) is 0 Å². The maximum atomic E-state index is 11.9. The van der Waals surface area contributed by atoms with Crippen molar-refractivity contribution in [2.75, 3.05) is 17.8 Å². The molecule has 0 spiro atoms. The fraction of sp³-hybridized carbons (Fsp3) is 0.308. The van der Waals surface area contributed by atoms with Gasteiger partial charge >= 0.3 is 0 Å². The maximum Gasteiger partial charge on any atom is 0.226 e. The third-order valence-electron chi connectivity index (χ3n) is 2.76. The van der Waals surface area contributed by atoms with Crippen LogP contribution in [0.1, 0.15) is 5.69 Å².